The Hall–Kier alpha value is -1.60. The van der Waals surface area contributed by atoms with Crippen molar-refractivity contribution in [1.29, 1.82) is 5.26 Å². The second-order valence-electron chi connectivity index (χ2n) is 5.41. The van der Waals surface area contributed by atoms with E-state index in [1.165, 1.54) is 19.3 Å². The first kappa shape index (κ1) is 11.5. The summed E-state index contributed by atoms with van der Waals surface area (Å²) in [5.74, 6) is 0.737. The van der Waals surface area contributed by atoms with E-state index < -0.39 is 0 Å². The van der Waals surface area contributed by atoms with Crippen LogP contribution in [0.25, 0.3) is 0 Å². The van der Waals surface area contributed by atoms with Crippen LogP contribution in [0.15, 0.2) is 18.3 Å². The molecule has 2 aliphatic rings. The molecule has 1 aromatic rings. The van der Waals surface area contributed by atoms with Gasteiger partial charge in [0.05, 0.1) is 5.56 Å². The van der Waals surface area contributed by atoms with Crippen LogP contribution in [0.4, 0.5) is 5.82 Å². The highest BCUT2D eigenvalue weighted by molar-refractivity contribution is 5.51. The Morgan fingerprint density at radius 1 is 1.50 bits per heavy atom. The van der Waals surface area contributed by atoms with Crippen molar-refractivity contribution in [3.8, 4) is 6.07 Å². The van der Waals surface area contributed by atoms with Crippen molar-refractivity contribution in [3.63, 3.8) is 0 Å². The van der Waals surface area contributed by atoms with E-state index in [0.29, 0.717) is 17.1 Å². The SMILES string of the molecule is N#Cc1cccnc1NC1CCNC2(CCC2)C1. The fraction of sp³-hybridized carbons (Fsp3) is 0.571. The minimum atomic E-state index is 0.373. The first-order valence-electron chi connectivity index (χ1n) is 6.68. The Morgan fingerprint density at radius 2 is 2.39 bits per heavy atom. The van der Waals surface area contributed by atoms with Gasteiger partial charge in [-0.1, -0.05) is 0 Å². The lowest BCUT2D eigenvalue weighted by molar-refractivity contribution is 0.135. The third-order valence-corrected chi connectivity index (χ3v) is 4.21. The molecule has 1 unspecified atom stereocenters. The Balaban J connectivity index is 1.70. The Morgan fingerprint density at radius 3 is 3.11 bits per heavy atom. The van der Waals surface area contributed by atoms with Crippen molar-refractivity contribution in [2.45, 2.75) is 43.7 Å². The number of aromatic nitrogens is 1. The fourth-order valence-corrected chi connectivity index (χ4v) is 3.07. The molecular formula is C14H18N4. The van der Waals surface area contributed by atoms with E-state index >= 15 is 0 Å². The lowest BCUT2D eigenvalue weighted by atomic mass is 9.70. The number of piperidine rings is 1. The van der Waals surface area contributed by atoms with Crippen LogP contribution >= 0.6 is 0 Å². The maximum atomic E-state index is 9.07. The van der Waals surface area contributed by atoms with Gasteiger partial charge in [-0.15, -0.1) is 0 Å². The average molecular weight is 242 g/mol. The van der Waals surface area contributed by atoms with Gasteiger partial charge in [-0.05, 0) is 50.8 Å². The smallest absolute Gasteiger partial charge is 0.144 e. The second kappa shape index (κ2) is 4.58. The van der Waals surface area contributed by atoms with E-state index in [1.807, 2.05) is 6.07 Å². The first-order chi connectivity index (χ1) is 8.81. The van der Waals surface area contributed by atoms with Crippen molar-refractivity contribution >= 4 is 5.82 Å². The number of nitrogens with zero attached hydrogens (tertiary/aromatic N) is 2. The topological polar surface area (TPSA) is 60.7 Å². The van der Waals surface area contributed by atoms with Crippen LogP contribution in [0.1, 0.15) is 37.7 Å². The average Bonchev–Trinajstić information content (AvgIpc) is 2.38. The summed E-state index contributed by atoms with van der Waals surface area (Å²) in [6, 6.07) is 6.25. The predicted molar refractivity (Wildman–Crippen MR) is 70.2 cm³/mol. The number of hydrogen-bond donors (Lipinski definition) is 2. The molecule has 1 saturated heterocycles. The second-order valence-corrected chi connectivity index (χ2v) is 5.41. The van der Waals surface area contributed by atoms with E-state index in [4.69, 9.17) is 5.26 Å². The third-order valence-electron chi connectivity index (χ3n) is 4.21. The van der Waals surface area contributed by atoms with E-state index in [1.54, 1.807) is 12.3 Å². The van der Waals surface area contributed by atoms with Crippen molar-refractivity contribution in [2.75, 3.05) is 11.9 Å². The van der Waals surface area contributed by atoms with Crippen LogP contribution in [-0.2, 0) is 0 Å². The van der Waals surface area contributed by atoms with Gasteiger partial charge in [0.1, 0.15) is 11.9 Å². The molecule has 1 aliphatic heterocycles. The zero-order chi connectivity index (χ0) is 12.4. The Labute approximate surface area is 107 Å². The molecule has 1 aliphatic carbocycles. The third kappa shape index (κ3) is 2.06. The van der Waals surface area contributed by atoms with Gasteiger partial charge in [0.2, 0.25) is 0 Å². The lowest BCUT2D eigenvalue weighted by Gasteiger charge is -2.48. The largest absolute Gasteiger partial charge is 0.366 e. The zero-order valence-electron chi connectivity index (χ0n) is 10.4. The number of rotatable bonds is 2. The molecule has 4 heteroatoms. The molecule has 0 radical (unpaired) electrons. The van der Waals surface area contributed by atoms with Gasteiger partial charge < -0.3 is 10.6 Å². The molecule has 3 rings (SSSR count). The van der Waals surface area contributed by atoms with Gasteiger partial charge in [-0.25, -0.2) is 4.98 Å². The molecule has 1 spiro atoms. The quantitative estimate of drug-likeness (QED) is 0.833. The van der Waals surface area contributed by atoms with Crippen molar-refractivity contribution in [3.05, 3.63) is 23.9 Å². The van der Waals surface area contributed by atoms with Crippen LogP contribution in [0.2, 0.25) is 0 Å². The highest BCUT2D eigenvalue weighted by atomic mass is 15.1. The highest BCUT2D eigenvalue weighted by Gasteiger charge is 2.40. The van der Waals surface area contributed by atoms with E-state index in [9.17, 15) is 0 Å². The van der Waals surface area contributed by atoms with Crippen molar-refractivity contribution < 1.29 is 0 Å². The molecule has 0 amide bonds. The minimum Gasteiger partial charge on any atom is -0.366 e. The normalized spacial score (nSPS) is 25.2. The fourth-order valence-electron chi connectivity index (χ4n) is 3.07. The molecule has 18 heavy (non-hydrogen) atoms. The van der Waals surface area contributed by atoms with E-state index in [2.05, 4.69) is 21.7 Å². The molecule has 2 N–H and O–H groups in total. The Kier molecular flexibility index (Phi) is 2.92. The summed E-state index contributed by atoms with van der Waals surface area (Å²) in [6.45, 7) is 1.06. The summed E-state index contributed by atoms with van der Waals surface area (Å²) in [5.41, 5.74) is 1.01. The molecule has 2 fully saturated rings. The zero-order valence-corrected chi connectivity index (χ0v) is 10.4. The maximum absolute atomic E-state index is 9.07. The highest BCUT2D eigenvalue weighted by Crippen LogP contribution is 2.38. The van der Waals surface area contributed by atoms with Gasteiger partial charge >= 0.3 is 0 Å². The van der Waals surface area contributed by atoms with Gasteiger partial charge in [-0.3, -0.25) is 0 Å². The van der Waals surface area contributed by atoms with E-state index in [-0.39, 0.29) is 0 Å². The molecule has 94 valence electrons. The summed E-state index contributed by atoms with van der Waals surface area (Å²) in [4.78, 5) is 4.28. The number of nitriles is 1. The maximum Gasteiger partial charge on any atom is 0.144 e. The van der Waals surface area contributed by atoms with Crippen LogP contribution in [0.5, 0.6) is 0 Å². The molecule has 1 aromatic heterocycles. The number of nitrogens with one attached hydrogen (secondary N) is 2. The molecule has 4 nitrogen and oxygen atoms in total. The molecular weight excluding hydrogens is 224 g/mol. The first-order valence-corrected chi connectivity index (χ1v) is 6.68. The number of pyridine rings is 1. The number of hydrogen-bond acceptors (Lipinski definition) is 4. The summed E-state index contributed by atoms with van der Waals surface area (Å²) in [6.07, 6.45) is 7.91. The van der Waals surface area contributed by atoms with Crippen LogP contribution < -0.4 is 10.6 Å². The van der Waals surface area contributed by atoms with Gasteiger partial charge in [0.25, 0.3) is 0 Å². The summed E-state index contributed by atoms with van der Waals surface area (Å²) >= 11 is 0. The van der Waals surface area contributed by atoms with Gasteiger partial charge in [0, 0.05) is 17.8 Å². The molecule has 1 saturated carbocycles. The summed E-state index contributed by atoms with van der Waals surface area (Å²) < 4.78 is 0. The minimum absolute atomic E-state index is 0.373. The van der Waals surface area contributed by atoms with Crippen molar-refractivity contribution in [1.82, 2.24) is 10.3 Å². The standard InChI is InChI=1S/C14H18N4/c15-10-11-3-1-7-16-13(11)18-12-4-8-17-14(9-12)5-2-6-14/h1,3,7,12,17H,2,4-6,8-9H2,(H,16,18). The van der Waals surface area contributed by atoms with Crippen LogP contribution in [0.3, 0.4) is 0 Å². The van der Waals surface area contributed by atoms with E-state index in [0.717, 1.165) is 25.2 Å². The lowest BCUT2D eigenvalue weighted by Crippen LogP contribution is -2.58. The summed E-state index contributed by atoms with van der Waals surface area (Å²) in [7, 11) is 0. The Bertz CT molecular complexity index is 473. The molecule has 0 aromatic carbocycles. The van der Waals surface area contributed by atoms with Crippen LogP contribution in [-0.4, -0.2) is 23.1 Å². The van der Waals surface area contributed by atoms with Gasteiger partial charge in [-0.2, -0.15) is 5.26 Å². The summed E-state index contributed by atoms with van der Waals surface area (Å²) in [5, 5.41) is 16.2. The van der Waals surface area contributed by atoms with Crippen molar-refractivity contribution in [2.24, 2.45) is 0 Å². The van der Waals surface area contributed by atoms with Gasteiger partial charge in [0.15, 0.2) is 0 Å². The molecule has 1 atom stereocenters. The number of anilines is 1. The monoisotopic (exact) mass is 242 g/mol. The van der Waals surface area contributed by atoms with Crippen LogP contribution in [0, 0.1) is 11.3 Å². The predicted octanol–water partition coefficient (Wildman–Crippen LogP) is 2.04. The molecule has 0 bridgehead atoms. The molecule has 2 heterocycles.